The van der Waals surface area contributed by atoms with Gasteiger partial charge in [0.2, 0.25) is 0 Å². The summed E-state index contributed by atoms with van der Waals surface area (Å²) < 4.78 is 18.3. The highest BCUT2D eigenvalue weighted by atomic mass is 35.5. The van der Waals surface area contributed by atoms with E-state index in [0.29, 0.717) is 11.3 Å². The number of halogens is 2. The minimum Gasteiger partial charge on any atom is -0.495 e. The monoisotopic (exact) mass is 404 g/mol. The van der Waals surface area contributed by atoms with Gasteiger partial charge in [-0.3, -0.25) is 14.5 Å². The predicted octanol–water partition coefficient (Wildman–Crippen LogP) is 3.53. The van der Waals surface area contributed by atoms with Crippen molar-refractivity contribution in [2.24, 2.45) is 0 Å². The van der Waals surface area contributed by atoms with Crippen molar-refractivity contribution in [1.29, 1.82) is 0 Å². The third-order valence-electron chi connectivity index (χ3n) is 4.82. The van der Waals surface area contributed by atoms with E-state index in [1.807, 2.05) is 0 Å². The summed E-state index contributed by atoms with van der Waals surface area (Å²) in [5.41, 5.74) is -0.623. The average Bonchev–Trinajstić information content (AvgIpc) is 2.93. The molecule has 28 heavy (non-hydrogen) atoms. The third kappa shape index (κ3) is 3.33. The summed E-state index contributed by atoms with van der Waals surface area (Å²) in [4.78, 5) is 39.0. The molecule has 146 valence electrons. The Morgan fingerprint density at radius 3 is 2.46 bits per heavy atom. The molecule has 0 aromatic heterocycles. The molecule has 1 aliphatic rings. The standard InChI is InChI=1S/C20H18ClFN2O4/c1-3-20(13-5-7-14(22)8-6-13)18(26)24(19(27)23-20)11-16(25)12-4-9-17(28-2)15(21)10-12/h4-10H,3,11H2,1-2H3,(H,23,27)/t20-/m1/s1. The molecule has 3 rings (SSSR count). The number of nitrogens with zero attached hydrogens (tertiary/aromatic N) is 1. The van der Waals surface area contributed by atoms with Crippen LogP contribution in [-0.4, -0.2) is 36.3 Å². The second kappa shape index (κ2) is 7.59. The minimum absolute atomic E-state index is 0.250. The first-order valence-electron chi connectivity index (χ1n) is 8.59. The number of hydrogen-bond donors (Lipinski definition) is 1. The highest BCUT2D eigenvalue weighted by molar-refractivity contribution is 6.32. The number of imide groups is 1. The Bertz CT molecular complexity index is 948. The normalized spacial score (nSPS) is 18.9. The van der Waals surface area contributed by atoms with Gasteiger partial charge in [0, 0.05) is 5.56 Å². The number of ether oxygens (including phenoxy) is 1. The van der Waals surface area contributed by atoms with Gasteiger partial charge in [0.15, 0.2) is 5.78 Å². The minimum atomic E-state index is -1.33. The number of amides is 3. The predicted molar refractivity (Wildman–Crippen MR) is 101 cm³/mol. The lowest BCUT2D eigenvalue weighted by atomic mass is 9.87. The van der Waals surface area contributed by atoms with Gasteiger partial charge in [-0.1, -0.05) is 30.7 Å². The number of rotatable bonds is 6. The smallest absolute Gasteiger partial charge is 0.325 e. The Morgan fingerprint density at radius 2 is 1.89 bits per heavy atom. The van der Waals surface area contributed by atoms with Gasteiger partial charge < -0.3 is 10.1 Å². The molecule has 2 aromatic rings. The van der Waals surface area contributed by atoms with E-state index in [0.717, 1.165) is 4.90 Å². The van der Waals surface area contributed by atoms with Crippen molar-refractivity contribution in [2.75, 3.05) is 13.7 Å². The zero-order valence-electron chi connectivity index (χ0n) is 15.3. The van der Waals surface area contributed by atoms with Gasteiger partial charge in [-0.15, -0.1) is 0 Å². The molecular formula is C20H18ClFN2O4. The van der Waals surface area contributed by atoms with Gasteiger partial charge in [-0.25, -0.2) is 9.18 Å². The highest BCUT2D eigenvalue weighted by Crippen LogP contribution is 2.33. The average molecular weight is 405 g/mol. The summed E-state index contributed by atoms with van der Waals surface area (Å²) in [5, 5.41) is 2.91. The van der Waals surface area contributed by atoms with E-state index in [4.69, 9.17) is 16.3 Å². The van der Waals surface area contributed by atoms with Crippen LogP contribution in [0.15, 0.2) is 42.5 Å². The van der Waals surface area contributed by atoms with Gasteiger partial charge in [0.1, 0.15) is 17.1 Å². The topological polar surface area (TPSA) is 75.7 Å². The number of nitrogens with one attached hydrogen (secondary N) is 1. The summed E-state index contributed by atoms with van der Waals surface area (Å²) in [6.07, 6.45) is 0.252. The molecule has 1 aliphatic heterocycles. The first-order chi connectivity index (χ1) is 13.3. The molecule has 1 saturated heterocycles. The number of Topliss-reactive ketones (excluding diaryl/α,β-unsaturated/α-hetero) is 1. The molecule has 3 amide bonds. The second-order valence-electron chi connectivity index (χ2n) is 6.36. The van der Waals surface area contributed by atoms with E-state index in [2.05, 4.69) is 5.32 Å². The molecule has 0 aliphatic carbocycles. The largest absolute Gasteiger partial charge is 0.495 e. The molecule has 0 bridgehead atoms. The van der Waals surface area contributed by atoms with Gasteiger partial charge in [-0.05, 0) is 42.3 Å². The van der Waals surface area contributed by atoms with Crippen LogP contribution in [0.5, 0.6) is 5.75 Å². The fraction of sp³-hybridized carbons (Fsp3) is 0.250. The Hall–Kier alpha value is -2.93. The Kier molecular flexibility index (Phi) is 5.38. The molecule has 0 spiro atoms. The lowest BCUT2D eigenvalue weighted by molar-refractivity contribution is -0.131. The zero-order valence-corrected chi connectivity index (χ0v) is 16.0. The van der Waals surface area contributed by atoms with E-state index >= 15 is 0 Å². The van der Waals surface area contributed by atoms with Crippen LogP contribution in [0.25, 0.3) is 0 Å². The van der Waals surface area contributed by atoms with Gasteiger partial charge >= 0.3 is 6.03 Å². The van der Waals surface area contributed by atoms with Crippen LogP contribution in [0.1, 0.15) is 29.3 Å². The van der Waals surface area contributed by atoms with E-state index in [-0.39, 0.29) is 17.0 Å². The quantitative estimate of drug-likeness (QED) is 0.590. The molecule has 1 N–H and O–H groups in total. The van der Waals surface area contributed by atoms with E-state index in [1.54, 1.807) is 6.92 Å². The number of benzene rings is 2. The number of carbonyl (C=O) groups is 3. The summed E-state index contributed by atoms with van der Waals surface area (Å²) >= 11 is 6.04. The van der Waals surface area contributed by atoms with Crippen LogP contribution in [0, 0.1) is 5.82 Å². The molecule has 0 unspecified atom stereocenters. The lowest BCUT2D eigenvalue weighted by Gasteiger charge is -2.25. The van der Waals surface area contributed by atoms with Gasteiger partial charge in [-0.2, -0.15) is 0 Å². The van der Waals surface area contributed by atoms with E-state index < -0.39 is 35.6 Å². The Labute approximate surface area is 166 Å². The third-order valence-corrected chi connectivity index (χ3v) is 5.11. The van der Waals surface area contributed by atoms with E-state index in [9.17, 15) is 18.8 Å². The fourth-order valence-corrected chi connectivity index (χ4v) is 3.48. The molecule has 0 saturated carbocycles. The van der Waals surface area contributed by atoms with Crippen LogP contribution in [0.3, 0.4) is 0 Å². The van der Waals surface area contributed by atoms with Crippen molar-refractivity contribution in [3.63, 3.8) is 0 Å². The molecular weight excluding hydrogens is 387 g/mol. The molecule has 1 fully saturated rings. The van der Waals surface area contributed by atoms with Crippen LogP contribution in [-0.2, 0) is 10.3 Å². The molecule has 2 aromatic carbocycles. The lowest BCUT2D eigenvalue weighted by Crippen LogP contribution is -2.43. The summed E-state index contributed by atoms with van der Waals surface area (Å²) in [6.45, 7) is 1.30. The SMILES string of the molecule is CC[C@]1(c2ccc(F)cc2)NC(=O)N(CC(=O)c2ccc(OC)c(Cl)c2)C1=O. The van der Waals surface area contributed by atoms with Crippen molar-refractivity contribution in [2.45, 2.75) is 18.9 Å². The van der Waals surface area contributed by atoms with E-state index in [1.165, 1.54) is 49.6 Å². The first kappa shape index (κ1) is 19.8. The summed E-state index contributed by atoms with van der Waals surface area (Å²) in [7, 11) is 1.45. The molecule has 0 radical (unpaired) electrons. The van der Waals surface area contributed by atoms with Crippen molar-refractivity contribution >= 4 is 29.3 Å². The first-order valence-corrected chi connectivity index (χ1v) is 8.97. The van der Waals surface area contributed by atoms with Crippen molar-refractivity contribution in [3.05, 3.63) is 64.4 Å². The molecule has 1 heterocycles. The Balaban J connectivity index is 1.86. The maximum absolute atomic E-state index is 13.3. The summed E-state index contributed by atoms with van der Waals surface area (Å²) in [6, 6.07) is 9.14. The zero-order chi connectivity index (χ0) is 20.5. The molecule has 1 atom stereocenters. The van der Waals surface area contributed by atoms with Crippen molar-refractivity contribution in [3.8, 4) is 5.75 Å². The van der Waals surface area contributed by atoms with Gasteiger partial charge in [0.05, 0.1) is 18.7 Å². The molecule has 6 nitrogen and oxygen atoms in total. The number of ketones is 1. The van der Waals surface area contributed by atoms with Crippen LogP contribution in [0.4, 0.5) is 9.18 Å². The fourth-order valence-electron chi connectivity index (χ4n) is 3.22. The Morgan fingerprint density at radius 1 is 1.21 bits per heavy atom. The maximum atomic E-state index is 13.3. The van der Waals surface area contributed by atoms with Gasteiger partial charge in [0.25, 0.3) is 5.91 Å². The van der Waals surface area contributed by atoms with Crippen molar-refractivity contribution < 1.29 is 23.5 Å². The number of methoxy groups -OCH3 is 1. The number of carbonyl (C=O) groups excluding carboxylic acids is 3. The summed E-state index contributed by atoms with van der Waals surface area (Å²) in [5.74, 6) is -1.04. The number of hydrogen-bond acceptors (Lipinski definition) is 4. The second-order valence-corrected chi connectivity index (χ2v) is 6.77. The molecule has 8 heteroatoms. The van der Waals surface area contributed by atoms with Crippen molar-refractivity contribution in [1.82, 2.24) is 10.2 Å². The van der Waals surface area contributed by atoms with Crippen LogP contribution in [0.2, 0.25) is 5.02 Å². The maximum Gasteiger partial charge on any atom is 0.325 e. The van der Waals surface area contributed by atoms with Crippen LogP contribution < -0.4 is 10.1 Å². The highest BCUT2D eigenvalue weighted by Gasteiger charge is 2.51. The number of urea groups is 1. The van der Waals surface area contributed by atoms with Crippen LogP contribution >= 0.6 is 11.6 Å².